The molecule has 0 aromatic carbocycles. The van der Waals surface area contributed by atoms with Gasteiger partial charge in [0.25, 0.3) is 0 Å². The molecular formula is C58H74BrNO7. The molecule has 16 atom stereocenters. The Morgan fingerprint density at radius 3 is 1.60 bits per heavy atom. The first kappa shape index (κ1) is 47.4. The number of allylic oxidation sites excluding steroid dienone is 7. The van der Waals surface area contributed by atoms with Crippen molar-refractivity contribution in [3.8, 4) is 0 Å². The molecule has 0 bridgehead atoms. The highest BCUT2D eigenvalue weighted by atomic mass is 79.9. The fourth-order valence-corrected chi connectivity index (χ4v) is 19.7. The van der Waals surface area contributed by atoms with Gasteiger partial charge in [-0.1, -0.05) is 80.9 Å². The predicted molar refractivity (Wildman–Crippen MR) is 262 cm³/mol. The number of fused-ring (bicyclic) bond motifs is 15. The minimum atomic E-state index is -0.177. The van der Waals surface area contributed by atoms with Crippen LogP contribution in [0.2, 0.25) is 0 Å². The van der Waals surface area contributed by atoms with Crippen molar-refractivity contribution in [3.63, 3.8) is 0 Å². The van der Waals surface area contributed by atoms with Crippen LogP contribution in [0.4, 0.5) is 0 Å². The van der Waals surface area contributed by atoms with Crippen molar-refractivity contribution in [2.75, 3.05) is 0 Å². The van der Waals surface area contributed by atoms with Gasteiger partial charge in [-0.05, 0) is 195 Å². The zero-order valence-electron chi connectivity index (χ0n) is 41.0. The van der Waals surface area contributed by atoms with E-state index in [9.17, 15) is 34.0 Å². The van der Waals surface area contributed by atoms with Crippen LogP contribution in [0, 0.1) is 85.8 Å². The third-order valence-corrected chi connectivity index (χ3v) is 23.4. The molecule has 0 aliphatic heterocycles. The summed E-state index contributed by atoms with van der Waals surface area (Å²) in [5, 5.41) is 13.1. The smallest absolute Gasteiger partial charge is 0.178 e. The van der Waals surface area contributed by atoms with E-state index in [1.54, 1.807) is 18.2 Å². The maximum absolute atomic E-state index is 12.4. The average Bonchev–Trinajstić information content (AvgIpc) is 3.90. The SMILES string of the molecule is C=C1C[C@@H]2[C@H](CC[C@]3(C)C(=O)CC[C@@H]23)[C@@]2(C)C=CC(=O)C=C12.C[C@]12CCC(=O)C=C1C(=NO)C[C@@H]1[C@@H]2CC[C@]2(C)C(=O)CC[C@@H]12.C[C@]12CCC(=O)C=C1C(Br)C[C@@H]1[C@@H]2CC[C@]2(C)C(=O)CC[C@@H]12. The summed E-state index contributed by atoms with van der Waals surface area (Å²) in [4.78, 5) is 73.2. The molecule has 9 heteroatoms. The Morgan fingerprint density at radius 2 is 1.03 bits per heavy atom. The maximum atomic E-state index is 12.4. The van der Waals surface area contributed by atoms with E-state index in [1.807, 2.05) is 6.08 Å². The number of rotatable bonds is 0. The molecule has 8 nitrogen and oxygen atoms in total. The van der Waals surface area contributed by atoms with E-state index in [0.717, 1.165) is 113 Å². The summed E-state index contributed by atoms with van der Waals surface area (Å²) >= 11 is 3.88. The van der Waals surface area contributed by atoms with Crippen molar-refractivity contribution in [2.45, 2.75) is 168 Å². The molecule has 0 aromatic heterocycles. The van der Waals surface area contributed by atoms with Crippen LogP contribution >= 0.6 is 15.9 Å². The molecule has 1 unspecified atom stereocenters. The fourth-order valence-electron chi connectivity index (χ4n) is 18.6. The van der Waals surface area contributed by atoms with Crippen molar-refractivity contribution >= 4 is 56.3 Å². The highest BCUT2D eigenvalue weighted by molar-refractivity contribution is 9.09. The van der Waals surface area contributed by atoms with Crippen LogP contribution < -0.4 is 0 Å². The quantitative estimate of drug-likeness (QED) is 0.145. The van der Waals surface area contributed by atoms with Crippen LogP contribution in [-0.4, -0.2) is 50.4 Å². The van der Waals surface area contributed by atoms with Gasteiger partial charge in [-0.15, -0.1) is 0 Å². The van der Waals surface area contributed by atoms with E-state index in [2.05, 4.69) is 75.3 Å². The van der Waals surface area contributed by atoms with Crippen molar-refractivity contribution < 1.29 is 34.0 Å². The molecule has 67 heavy (non-hydrogen) atoms. The van der Waals surface area contributed by atoms with Crippen molar-refractivity contribution in [3.05, 3.63) is 59.3 Å². The Bertz CT molecular complexity index is 2400. The maximum Gasteiger partial charge on any atom is 0.178 e. The standard InChI is InChI=1S/C20H24O2.C19H25BrO2.C19H25NO3/c1-12-10-14-15-4-5-18(22)20(15,3)9-7-16(14)19(2)8-6-13(21)11-17(12)19;1-18-7-5-11(21)9-15(18)16(20)10-12-13-3-4-17(22)19(13,2)8-6-14(12)18;1-18-7-5-11(21)9-15(18)16(20-23)10-12-13-3-4-17(22)19(13,2)8-6-14(12)18/h6,8,11,14-16H,1,4-5,7,9-10H2,2-3H3;9,12-14,16H,3-8,10H2,1-2H3;9,12-14,23H,3-8,10H2,1-2H3/t14-,15-,16-,19+,20-;12-,13-,14-,16?,18+,19-;12-,13-,14-,18+,19-/m000/s1. The lowest BCUT2D eigenvalue weighted by molar-refractivity contribution is -0.133. The molecular weight excluding hydrogens is 903 g/mol. The van der Waals surface area contributed by atoms with Crippen LogP contribution in [0.1, 0.15) is 164 Å². The highest BCUT2D eigenvalue weighted by Gasteiger charge is 2.63. The number of hydrogen-bond acceptors (Lipinski definition) is 8. The Labute approximate surface area is 407 Å². The van der Waals surface area contributed by atoms with E-state index in [-0.39, 0.29) is 44.1 Å². The average molecular weight is 977 g/mol. The number of nitrogens with zero attached hydrogens (tertiary/aromatic N) is 1. The van der Waals surface area contributed by atoms with Gasteiger partial charge in [-0.2, -0.15) is 0 Å². The molecule has 9 saturated carbocycles. The van der Waals surface area contributed by atoms with Crippen LogP contribution in [-0.2, 0) is 28.8 Å². The van der Waals surface area contributed by atoms with E-state index in [1.165, 1.54) is 5.57 Å². The summed E-state index contributed by atoms with van der Waals surface area (Å²) in [6.07, 6.45) is 26.9. The lowest BCUT2D eigenvalue weighted by atomic mass is 9.47. The largest absolute Gasteiger partial charge is 0.411 e. The summed E-state index contributed by atoms with van der Waals surface area (Å²) in [5.74, 6) is 6.69. The number of alkyl halides is 1. The number of halogens is 1. The first-order valence-corrected chi connectivity index (χ1v) is 27.1. The van der Waals surface area contributed by atoms with Crippen LogP contribution in [0.25, 0.3) is 0 Å². The van der Waals surface area contributed by atoms with Gasteiger partial charge < -0.3 is 5.21 Å². The Balaban J connectivity index is 0.000000118. The first-order chi connectivity index (χ1) is 31.6. The Kier molecular flexibility index (Phi) is 11.6. The topological polar surface area (TPSA) is 135 Å². The van der Waals surface area contributed by atoms with Crippen LogP contribution in [0.3, 0.4) is 0 Å². The highest BCUT2D eigenvalue weighted by Crippen LogP contribution is 2.67. The number of ketones is 6. The first-order valence-electron chi connectivity index (χ1n) is 26.2. The summed E-state index contributed by atoms with van der Waals surface area (Å²) < 4.78 is 0. The molecule has 0 saturated heterocycles. The van der Waals surface area contributed by atoms with Gasteiger partial charge in [0.15, 0.2) is 17.3 Å². The zero-order valence-corrected chi connectivity index (χ0v) is 42.6. The van der Waals surface area contributed by atoms with Crippen molar-refractivity contribution in [1.82, 2.24) is 0 Å². The van der Waals surface area contributed by atoms with Crippen molar-refractivity contribution in [1.29, 1.82) is 0 Å². The summed E-state index contributed by atoms with van der Waals surface area (Å²) in [6, 6.07) is 0. The van der Waals surface area contributed by atoms with Gasteiger partial charge in [0.1, 0.15) is 17.3 Å². The molecule has 0 amide bonds. The minimum Gasteiger partial charge on any atom is -0.411 e. The van der Waals surface area contributed by atoms with E-state index in [4.69, 9.17) is 0 Å². The predicted octanol–water partition coefficient (Wildman–Crippen LogP) is 12.0. The molecule has 0 spiro atoms. The third-order valence-electron chi connectivity index (χ3n) is 22.5. The number of oxime groups is 1. The van der Waals surface area contributed by atoms with E-state index in [0.29, 0.717) is 113 Å². The number of Topliss-reactive ketones (excluding diaryl/α,β-unsaturated/α-hetero) is 3. The molecule has 360 valence electrons. The molecule has 9 fully saturated rings. The van der Waals surface area contributed by atoms with Crippen molar-refractivity contribution in [2.24, 2.45) is 90.9 Å². The summed E-state index contributed by atoms with van der Waals surface area (Å²) in [5.41, 5.74) is 4.94. The van der Waals surface area contributed by atoms with E-state index < -0.39 is 0 Å². The van der Waals surface area contributed by atoms with Gasteiger partial charge in [-0.3, -0.25) is 28.8 Å². The van der Waals surface area contributed by atoms with Gasteiger partial charge in [0, 0.05) is 58.6 Å². The second-order valence-electron chi connectivity index (χ2n) is 25.1. The number of carbonyl (C=O) groups excluding carboxylic acids is 6. The monoisotopic (exact) mass is 975 g/mol. The molecule has 0 heterocycles. The molecule has 12 rings (SSSR count). The molecule has 1 N–H and O–H groups in total. The molecule has 12 aliphatic rings. The van der Waals surface area contributed by atoms with E-state index >= 15 is 0 Å². The van der Waals surface area contributed by atoms with Gasteiger partial charge in [0.2, 0.25) is 0 Å². The second kappa shape index (κ2) is 16.4. The molecule has 0 radical (unpaired) electrons. The van der Waals surface area contributed by atoms with Gasteiger partial charge >= 0.3 is 0 Å². The summed E-state index contributed by atoms with van der Waals surface area (Å²) in [6.45, 7) is 17.8. The van der Waals surface area contributed by atoms with Gasteiger partial charge in [0.05, 0.1) is 5.71 Å². The number of carbonyl (C=O) groups is 6. The minimum absolute atomic E-state index is 0.0596. The number of hydrogen-bond donors (Lipinski definition) is 1. The summed E-state index contributed by atoms with van der Waals surface area (Å²) in [7, 11) is 0. The zero-order chi connectivity index (χ0) is 47.8. The molecule has 0 aromatic rings. The lowest BCUT2D eigenvalue weighted by Crippen LogP contribution is -2.53. The normalized spacial score (nSPS) is 48.6. The Morgan fingerprint density at radius 1 is 0.552 bits per heavy atom. The van der Waals surface area contributed by atoms with Crippen LogP contribution in [0.15, 0.2) is 64.4 Å². The Hall–Kier alpha value is -3.33. The third kappa shape index (κ3) is 6.99. The fraction of sp³-hybridized carbons (Fsp3) is 0.707. The second-order valence-corrected chi connectivity index (χ2v) is 26.3. The van der Waals surface area contributed by atoms with Gasteiger partial charge in [-0.25, -0.2) is 0 Å². The van der Waals surface area contributed by atoms with Crippen LogP contribution in [0.5, 0.6) is 0 Å². The lowest BCUT2D eigenvalue weighted by Gasteiger charge is -2.58. The molecule has 12 aliphatic carbocycles.